The second kappa shape index (κ2) is 5.40. The topological polar surface area (TPSA) is 25.2 Å². The fourth-order valence-electron chi connectivity index (χ4n) is 1.62. The summed E-state index contributed by atoms with van der Waals surface area (Å²) in [5.41, 5.74) is 0.473. The fraction of sp³-hybridized carbons (Fsp3) is 0.667. The highest BCUT2D eigenvalue weighted by molar-refractivity contribution is 7.98. The molecule has 0 spiro atoms. The van der Waals surface area contributed by atoms with Gasteiger partial charge in [-0.15, -0.1) is 0 Å². The van der Waals surface area contributed by atoms with Crippen LogP contribution >= 0.6 is 11.8 Å². The Morgan fingerprint density at radius 2 is 2.12 bits per heavy atom. The maximum absolute atomic E-state index is 12.0. The number of hydrogen-bond acceptors (Lipinski definition) is 3. The van der Waals surface area contributed by atoms with Crippen LogP contribution in [0.5, 0.6) is 0 Å². The minimum absolute atomic E-state index is 0.232. The molecule has 1 saturated carbocycles. The van der Waals surface area contributed by atoms with Crippen LogP contribution in [0.2, 0.25) is 0 Å². The maximum atomic E-state index is 12.0. The van der Waals surface area contributed by atoms with Crippen LogP contribution < -0.4 is 5.32 Å². The van der Waals surface area contributed by atoms with E-state index in [1.807, 2.05) is 6.07 Å². The van der Waals surface area contributed by atoms with Crippen molar-refractivity contribution in [3.63, 3.8) is 0 Å². The van der Waals surface area contributed by atoms with Gasteiger partial charge in [0.15, 0.2) is 0 Å². The Hall–Kier alpha value is -0.550. The SMILES string of the molecule is CC1(CNCc2ccc(CSC(F)F)o2)CC1. The number of rotatable bonds is 7. The van der Waals surface area contributed by atoms with Gasteiger partial charge in [0.1, 0.15) is 11.5 Å². The third kappa shape index (κ3) is 4.32. The first-order chi connectivity index (χ1) is 8.07. The molecule has 2 nitrogen and oxygen atoms in total. The summed E-state index contributed by atoms with van der Waals surface area (Å²) >= 11 is 0.588. The van der Waals surface area contributed by atoms with Gasteiger partial charge in [0, 0.05) is 6.54 Å². The van der Waals surface area contributed by atoms with Crippen LogP contribution in [0, 0.1) is 5.41 Å². The molecule has 96 valence electrons. The summed E-state index contributed by atoms with van der Waals surface area (Å²) in [6.07, 6.45) is 2.57. The van der Waals surface area contributed by atoms with E-state index in [1.54, 1.807) is 6.07 Å². The molecule has 0 bridgehead atoms. The molecule has 0 amide bonds. The minimum atomic E-state index is -2.34. The summed E-state index contributed by atoms with van der Waals surface area (Å²) in [6, 6.07) is 3.62. The van der Waals surface area contributed by atoms with Gasteiger partial charge in [0.2, 0.25) is 0 Å². The predicted octanol–water partition coefficient (Wildman–Crippen LogP) is 3.63. The first-order valence-corrected chi connectivity index (χ1v) is 6.80. The molecular weight excluding hydrogens is 244 g/mol. The van der Waals surface area contributed by atoms with Crippen molar-refractivity contribution < 1.29 is 13.2 Å². The van der Waals surface area contributed by atoms with E-state index in [0.717, 1.165) is 12.3 Å². The average molecular weight is 261 g/mol. The van der Waals surface area contributed by atoms with Gasteiger partial charge in [-0.2, -0.15) is 8.78 Å². The highest BCUT2D eigenvalue weighted by Gasteiger charge is 2.36. The Balaban J connectivity index is 1.70. The summed E-state index contributed by atoms with van der Waals surface area (Å²) in [5, 5.41) is 3.33. The molecule has 0 aromatic carbocycles. The molecule has 1 N–H and O–H groups in total. The minimum Gasteiger partial charge on any atom is -0.464 e. The standard InChI is InChI=1S/C12H17F2NOS/c1-12(4-5-12)8-15-6-9-2-3-10(16-9)7-17-11(13)14/h2-3,11,15H,4-8H2,1H3. The molecule has 5 heteroatoms. The summed E-state index contributed by atoms with van der Waals surface area (Å²) in [4.78, 5) is 0. The van der Waals surface area contributed by atoms with Crippen LogP contribution in [-0.2, 0) is 12.3 Å². The monoisotopic (exact) mass is 261 g/mol. The van der Waals surface area contributed by atoms with Gasteiger partial charge in [0.05, 0.1) is 12.3 Å². The number of thioether (sulfide) groups is 1. The van der Waals surface area contributed by atoms with E-state index >= 15 is 0 Å². The van der Waals surface area contributed by atoms with Crippen molar-refractivity contribution in [2.75, 3.05) is 6.54 Å². The van der Waals surface area contributed by atoms with E-state index in [1.165, 1.54) is 12.8 Å². The Kier molecular flexibility index (Phi) is 4.09. The van der Waals surface area contributed by atoms with Crippen LogP contribution in [0.25, 0.3) is 0 Å². The lowest BCUT2D eigenvalue weighted by Crippen LogP contribution is -2.21. The molecule has 0 saturated heterocycles. The van der Waals surface area contributed by atoms with Gasteiger partial charge in [0.25, 0.3) is 5.76 Å². The van der Waals surface area contributed by atoms with Gasteiger partial charge in [-0.1, -0.05) is 18.7 Å². The van der Waals surface area contributed by atoms with Crippen molar-refractivity contribution in [2.45, 2.75) is 37.8 Å². The van der Waals surface area contributed by atoms with Crippen molar-refractivity contribution in [1.82, 2.24) is 5.32 Å². The lowest BCUT2D eigenvalue weighted by Gasteiger charge is -2.08. The van der Waals surface area contributed by atoms with Gasteiger partial charge in [-0.3, -0.25) is 0 Å². The molecule has 1 heterocycles. The van der Waals surface area contributed by atoms with Gasteiger partial charge in [-0.25, -0.2) is 0 Å². The molecule has 1 aromatic rings. The zero-order valence-corrected chi connectivity index (χ0v) is 10.7. The van der Waals surface area contributed by atoms with Crippen molar-refractivity contribution >= 4 is 11.8 Å². The zero-order chi connectivity index (χ0) is 12.3. The van der Waals surface area contributed by atoms with Gasteiger partial charge >= 0.3 is 0 Å². The highest BCUT2D eigenvalue weighted by Crippen LogP contribution is 2.44. The quantitative estimate of drug-likeness (QED) is 0.811. The van der Waals surface area contributed by atoms with Crippen molar-refractivity contribution in [3.05, 3.63) is 23.7 Å². The third-order valence-corrected chi connectivity index (χ3v) is 3.73. The predicted molar refractivity (Wildman–Crippen MR) is 65.1 cm³/mol. The Labute approximate surface area is 104 Å². The smallest absolute Gasteiger partial charge is 0.284 e. The summed E-state index contributed by atoms with van der Waals surface area (Å²) in [7, 11) is 0. The first kappa shape index (κ1) is 12.9. The molecule has 0 aliphatic heterocycles. The molecule has 1 aliphatic rings. The second-order valence-electron chi connectivity index (χ2n) is 4.85. The second-order valence-corrected chi connectivity index (χ2v) is 5.83. The molecule has 0 atom stereocenters. The first-order valence-electron chi connectivity index (χ1n) is 5.75. The highest BCUT2D eigenvalue weighted by atomic mass is 32.2. The van der Waals surface area contributed by atoms with Crippen LogP contribution in [0.15, 0.2) is 16.5 Å². The molecule has 17 heavy (non-hydrogen) atoms. The van der Waals surface area contributed by atoms with E-state index in [4.69, 9.17) is 4.42 Å². The average Bonchev–Trinajstić information content (AvgIpc) is 2.83. The van der Waals surface area contributed by atoms with Crippen LogP contribution in [-0.4, -0.2) is 12.3 Å². The molecular formula is C12H17F2NOS. The van der Waals surface area contributed by atoms with Gasteiger partial charge in [-0.05, 0) is 30.4 Å². The zero-order valence-electron chi connectivity index (χ0n) is 9.84. The molecule has 1 fully saturated rings. The van der Waals surface area contributed by atoms with E-state index in [-0.39, 0.29) is 5.75 Å². The number of halogens is 2. The number of alkyl halides is 2. The number of furan rings is 1. The Morgan fingerprint density at radius 3 is 2.76 bits per heavy atom. The molecule has 0 unspecified atom stereocenters. The lowest BCUT2D eigenvalue weighted by atomic mass is 10.1. The number of hydrogen-bond donors (Lipinski definition) is 1. The lowest BCUT2D eigenvalue weighted by molar-refractivity contribution is 0.251. The fourth-order valence-corrected chi connectivity index (χ4v) is 2.06. The molecule has 2 rings (SSSR count). The molecule has 1 aliphatic carbocycles. The largest absolute Gasteiger partial charge is 0.464 e. The normalized spacial score (nSPS) is 17.6. The summed E-state index contributed by atoms with van der Waals surface area (Å²) in [6.45, 7) is 3.93. The third-order valence-electron chi connectivity index (χ3n) is 3.02. The van der Waals surface area contributed by atoms with E-state index in [9.17, 15) is 8.78 Å². The molecule has 0 radical (unpaired) electrons. The summed E-state index contributed by atoms with van der Waals surface area (Å²) < 4.78 is 29.4. The maximum Gasteiger partial charge on any atom is 0.284 e. The van der Waals surface area contributed by atoms with Crippen molar-refractivity contribution in [2.24, 2.45) is 5.41 Å². The Morgan fingerprint density at radius 1 is 1.41 bits per heavy atom. The van der Waals surface area contributed by atoms with E-state index < -0.39 is 5.76 Å². The van der Waals surface area contributed by atoms with Crippen molar-refractivity contribution in [3.8, 4) is 0 Å². The van der Waals surface area contributed by atoms with Gasteiger partial charge < -0.3 is 9.73 Å². The van der Waals surface area contributed by atoms with E-state index in [0.29, 0.717) is 29.5 Å². The Bertz CT molecular complexity index is 363. The van der Waals surface area contributed by atoms with Crippen LogP contribution in [0.3, 0.4) is 0 Å². The van der Waals surface area contributed by atoms with Crippen LogP contribution in [0.4, 0.5) is 8.78 Å². The van der Waals surface area contributed by atoms with Crippen LogP contribution in [0.1, 0.15) is 31.3 Å². The van der Waals surface area contributed by atoms with Crippen molar-refractivity contribution in [1.29, 1.82) is 0 Å². The number of nitrogens with one attached hydrogen (secondary N) is 1. The molecule has 1 aromatic heterocycles. The summed E-state index contributed by atoms with van der Waals surface area (Å²) in [5.74, 6) is -0.671. The van der Waals surface area contributed by atoms with E-state index in [2.05, 4.69) is 12.2 Å².